The van der Waals surface area contributed by atoms with Gasteiger partial charge in [-0.2, -0.15) is 5.10 Å². The molecule has 2 N–H and O–H groups in total. The summed E-state index contributed by atoms with van der Waals surface area (Å²) in [5.41, 5.74) is 0.720. The molecule has 0 aliphatic heterocycles. The molecule has 1 heterocycles. The number of ether oxygens (including phenoxy) is 1. The molecular formula is C9H14N2O3. The molecule has 0 fully saturated rings. The van der Waals surface area contributed by atoms with Crippen LogP contribution in [0.4, 0.5) is 0 Å². The summed E-state index contributed by atoms with van der Waals surface area (Å²) >= 11 is 0. The summed E-state index contributed by atoms with van der Waals surface area (Å²) in [6.45, 7) is 3.17. The van der Waals surface area contributed by atoms with Crippen molar-refractivity contribution in [3.05, 3.63) is 17.5 Å². The minimum Gasteiger partial charge on any atom is -0.476 e. The first kappa shape index (κ1) is 10.7. The first-order valence-electron chi connectivity index (χ1n) is 4.59. The third kappa shape index (κ3) is 3.18. The summed E-state index contributed by atoms with van der Waals surface area (Å²) in [5.74, 6) is -1.03. The molecular weight excluding hydrogens is 184 g/mol. The normalized spacial score (nSPS) is 10.4. The van der Waals surface area contributed by atoms with E-state index in [1.807, 2.05) is 0 Å². The SMILES string of the molecule is CCCCOCc1cc(C(=O)O)n[nH]1. The Morgan fingerprint density at radius 2 is 2.50 bits per heavy atom. The van der Waals surface area contributed by atoms with Crippen molar-refractivity contribution in [2.45, 2.75) is 26.4 Å². The fourth-order valence-electron chi connectivity index (χ4n) is 0.974. The predicted molar refractivity (Wildman–Crippen MR) is 50.1 cm³/mol. The first-order chi connectivity index (χ1) is 6.74. The van der Waals surface area contributed by atoms with Gasteiger partial charge in [-0.15, -0.1) is 0 Å². The lowest BCUT2D eigenvalue weighted by atomic mass is 10.3. The monoisotopic (exact) mass is 198 g/mol. The Balaban J connectivity index is 2.33. The van der Waals surface area contributed by atoms with E-state index in [-0.39, 0.29) is 5.69 Å². The lowest BCUT2D eigenvalue weighted by Gasteiger charge is -1.99. The number of nitrogens with zero attached hydrogens (tertiary/aromatic N) is 1. The Kier molecular flexibility index (Phi) is 4.12. The second kappa shape index (κ2) is 5.39. The molecule has 0 saturated carbocycles. The van der Waals surface area contributed by atoms with Gasteiger partial charge in [-0.1, -0.05) is 13.3 Å². The van der Waals surface area contributed by atoms with E-state index in [1.54, 1.807) is 0 Å². The van der Waals surface area contributed by atoms with Crippen LogP contribution in [0.2, 0.25) is 0 Å². The topological polar surface area (TPSA) is 75.2 Å². The van der Waals surface area contributed by atoms with E-state index in [0.717, 1.165) is 12.8 Å². The number of nitrogens with one attached hydrogen (secondary N) is 1. The quantitative estimate of drug-likeness (QED) is 0.678. The van der Waals surface area contributed by atoms with Gasteiger partial charge in [0, 0.05) is 6.61 Å². The molecule has 5 nitrogen and oxygen atoms in total. The van der Waals surface area contributed by atoms with Crippen LogP contribution in [-0.2, 0) is 11.3 Å². The smallest absolute Gasteiger partial charge is 0.356 e. The number of hydrogen-bond acceptors (Lipinski definition) is 3. The van der Waals surface area contributed by atoms with Crippen molar-refractivity contribution >= 4 is 5.97 Å². The van der Waals surface area contributed by atoms with Crippen molar-refractivity contribution < 1.29 is 14.6 Å². The summed E-state index contributed by atoms with van der Waals surface area (Å²) in [4.78, 5) is 10.5. The van der Waals surface area contributed by atoms with E-state index in [0.29, 0.717) is 18.9 Å². The van der Waals surface area contributed by atoms with Crippen LogP contribution in [0.1, 0.15) is 35.9 Å². The second-order valence-electron chi connectivity index (χ2n) is 2.99. The maximum atomic E-state index is 10.5. The molecule has 0 atom stereocenters. The molecule has 0 spiro atoms. The zero-order valence-electron chi connectivity index (χ0n) is 8.12. The van der Waals surface area contributed by atoms with Gasteiger partial charge in [0.05, 0.1) is 12.3 Å². The molecule has 78 valence electrons. The Morgan fingerprint density at radius 1 is 1.71 bits per heavy atom. The number of aromatic amines is 1. The molecule has 0 unspecified atom stereocenters. The van der Waals surface area contributed by atoms with Gasteiger partial charge in [0.25, 0.3) is 0 Å². The van der Waals surface area contributed by atoms with E-state index >= 15 is 0 Å². The molecule has 0 saturated heterocycles. The van der Waals surface area contributed by atoms with Crippen molar-refractivity contribution in [2.75, 3.05) is 6.61 Å². The fraction of sp³-hybridized carbons (Fsp3) is 0.556. The highest BCUT2D eigenvalue weighted by Crippen LogP contribution is 2.01. The van der Waals surface area contributed by atoms with E-state index < -0.39 is 5.97 Å². The van der Waals surface area contributed by atoms with Crippen LogP contribution in [0, 0.1) is 0 Å². The van der Waals surface area contributed by atoms with Crippen LogP contribution in [0.15, 0.2) is 6.07 Å². The van der Waals surface area contributed by atoms with Gasteiger partial charge < -0.3 is 9.84 Å². The van der Waals surface area contributed by atoms with Gasteiger partial charge in [0.1, 0.15) is 0 Å². The third-order valence-electron chi connectivity index (χ3n) is 1.75. The summed E-state index contributed by atoms with van der Waals surface area (Å²) in [6.07, 6.45) is 2.10. The summed E-state index contributed by atoms with van der Waals surface area (Å²) in [7, 11) is 0. The van der Waals surface area contributed by atoms with Crippen molar-refractivity contribution in [1.82, 2.24) is 10.2 Å². The maximum absolute atomic E-state index is 10.5. The molecule has 5 heteroatoms. The Hall–Kier alpha value is -1.36. The zero-order chi connectivity index (χ0) is 10.4. The van der Waals surface area contributed by atoms with Crippen LogP contribution in [0.5, 0.6) is 0 Å². The summed E-state index contributed by atoms with van der Waals surface area (Å²) < 4.78 is 5.29. The number of carbonyl (C=O) groups is 1. The number of H-pyrrole nitrogens is 1. The van der Waals surface area contributed by atoms with E-state index in [1.165, 1.54) is 6.07 Å². The molecule has 0 bridgehead atoms. The van der Waals surface area contributed by atoms with Crippen LogP contribution >= 0.6 is 0 Å². The molecule has 0 radical (unpaired) electrons. The van der Waals surface area contributed by atoms with Gasteiger partial charge in [0.15, 0.2) is 5.69 Å². The lowest BCUT2D eigenvalue weighted by molar-refractivity contribution is 0.0690. The van der Waals surface area contributed by atoms with Gasteiger partial charge in [-0.25, -0.2) is 4.79 Å². The standard InChI is InChI=1S/C9H14N2O3/c1-2-3-4-14-6-7-5-8(9(12)13)11-10-7/h5H,2-4,6H2,1H3,(H,10,11)(H,12,13). The first-order valence-corrected chi connectivity index (χ1v) is 4.59. The molecule has 0 aromatic carbocycles. The summed E-state index contributed by atoms with van der Waals surface area (Å²) in [5, 5.41) is 14.8. The Morgan fingerprint density at radius 3 is 3.07 bits per heavy atom. The third-order valence-corrected chi connectivity index (χ3v) is 1.75. The van der Waals surface area contributed by atoms with E-state index in [4.69, 9.17) is 9.84 Å². The molecule has 0 aliphatic carbocycles. The largest absolute Gasteiger partial charge is 0.476 e. The number of hydrogen-bond donors (Lipinski definition) is 2. The number of carboxylic acids is 1. The van der Waals surface area contributed by atoms with Crippen molar-refractivity contribution in [3.63, 3.8) is 0 Å². The number of aromatic carboxylic acids is 1. The van der Waals surface area contributed by atoms with E-state index in [2.05, 4.69) is 17.1 Å². The minimum absolute atomic E-state index is 0.0269. The average Bonchev–Trinajstić information content (AvgIpc) is 2.61. The number of carboxylic acid groups (broad SMARTS) is 1. The van der Waals surface area contributed by atoms with Gasteiger partial charge in [-0.3, -0.25) is 5.10 Å². The Bertz CT molecular complexity index is 296. The maximum Gasteiger partial charge on any atom is 0.356 e. The molecule has 1 rings (SSSR count). The second-order valence-corrected chi connectivity index (χ2v) is 2.99. The van der Waals surface area contributed by atoms with Gasteiger partial charge in [-0.05, 0) is 12.5 Å². The van der Waals surface area contributed by atoms with Crippen molar-refractivity contribution in [3.8, 4) is 0 Å². The molecule has 1 aromatic heterocycles. The highest BCUT2D eigenvalue weighted by molar-refractivity contribution is 5.85. The van der Waals surface area contributed by atoms with Crippen LogP contribution in [-0.4, -0.2) is 27.9 Å². The number of aromatic nitrogens is 2. The van der Waals surface area contributed by atoms with Gasteiger partial charge >= 0.3 is 5.97 Å². The van der Waals surface area contributed by atoms with Crippen molar-refractivity contribution in [2.24, 2.45) is 0 Å². The average molecular weight is 198 g/mol. The van der Waals surface area contributed by atoms with Gasteiger partial charge in [0.2, 0.25) is 0 Å². The molecule has 0 amide bonds. The van der Waals surface area contributed by atoms with Crippen LogP contribution in [0.3, 0.4) is 0 Å². The Labute approximate surface area is 82.1 Å². The van der Waals surface area contributed by atoms with Crippen molar-refractivity contribution in [1.29, 1.82) is 0 Å². The van der Waals surface area contributed by atoms with Crippen LogP contribution in [0.25, 0.3) is 0 Å². The summed E-state index contributed by atoms with van der Waals surface area (Å²) in [6, 6.07) is 1.48. The highest BCUT2D eigenvalue weighted by atomic mass is 16.5. The molecule has 0 aliphatic rings. The predicted octanol–water partition coefficient (Wildman–Crippen LogP) is 1.42. The van der Waals surface area contributed by atoms with Crippen LogP contribution < -0.4 is 0 Å². The minimum atomic E-state index is -1.03. The highest BCUT2D eigenvalue weighted by Gasteiger charge is 2.07. The zero-order valence-corrected chi connectivity index (χ0v) is 8.12. The molecule has 1 aromatic rings. The van der Waals surface area contributed by atoms with E-state index in [9.17, 15) is 4.79 Å². The number of unbranched alkanes of at least 4 members (excludes halogenated alkanes) is 1. The lowest BCUT2D eigenvalue weighted by Crippen LogP contribution is -1.95. The number of rotatable bonds is 6. The fourth-order valence-corrected chi connectivity index (χ4v) is 0.974. The molecule has 14 heavy (non-hydrogen) atoms.